The van der Waals surface area contributed by atoms with Crippen molar-refractivity contribution in [3.63, 3.8) is 0 Å². The zero-order valence-electron chi connectivity index (χ0n) is 16.9. The van der Waals surface area contributed by atoms with Crippen molar-refractivity contribution < 1.29 is 19.1 Å². The molecule has 0 spiro atoms. The minimum Gasteiger partial charge on any atom is -0.497 e. The highest BCUT2D eigenvalue weighted by atomic mass is 32.1. The number of hydrogen-bond donors (Lipinski definition) is 2. The number of urea groups is 1. The fourth-order valence-electron chi connectivity index (χ4n) is 3.42. The molecule has 160 valence electrons. The Balaban J connectivity index is 1.80. The number of methoxy groups -OCH3 is 1. The van der Waals surface area contributed by atoms with Crippen LogP contribution < -0.4 is 20.9 Å². The first-order valence-corrected chi connectivity index (χ1v) is 10.4. The predicted molar refractivity (Wildman–Crippen MR) is 115 cm³/mol. The number of amides is 2. The fourth-order valence-corrected chi connectivity index (χ4v) is 4.14. The number of fused-ring (bicyclic) bond motifs is 1. The Kier molecular flexibility index (Phi) is 5.72. The Bertz CT molecular complexity index is 1230. The van der Waals surface area contributed by atoms with Gasteiger partial charge in [0.2, 0.25) is 0 Å². The van der Waals surface area contributed by atoms with Crippen LogP contribution in [0.15, 0.2) is 58.1 Å². The van der Waals surface area contributed by atoms with Gasteiger partial charge >= 0.3 is 12.0 Å². The second kappa shape index (κ2) is 8.60. The topological polar surface area (TPSA) is 112 Å². The summed E-state index contributed by atoms with van der Waals surface area (Å²) in [6.07, 6.45) is 1.41. The van der Waals surface area contributed by atoms with Crippen molar-refractivity contribution in [1.82, 2.24) is 20.2 Å². The molecule has 0 saturated heterocycles. The van der Waals surface area contributed by atoms with Gasteiger partial charge in [0.25, 0.3) is 5.56 Å². The first-order valence-electron chi connectivity index (χ1n) is 9.56. The van der Waals surface area contributed by atoms with E-state index < -0.39 is 18.0 Å². The molecule has 0 bridgehead atoms. The van der Waals surface area contributed by atoms with Crippen LogP contribution in [0.25, 0.3) is 10.2 Å². The quantitative estimate of drug-likeness (QED) is 0.569. The van der Waals surface area contributed by atoms with E-state index in [1.54, 1.807) is 49.7 Å². The average molecular weight is 440 g/mol. The predicted octanol–water partition coefficient (Wildman–Crippen LogP) is 2.34. The molecule has 1 aliphatic heterocycles. The number of hydrogen-bond acceptors (Lipinski definition) is 7. The lowest BCUT2D eigenvalue weighted by Gasteiger charge is -2.29. The van der Waals surface area contributed by atoms with E-state index in [0.29, 0.717) is 21.5 Å². The Morgan fingerprint density at radius 1 is 1.23 bits per heavy atom. The number of rotatable bonds is 6. The number of nitrogens with one attached hydrogen (secondary N) is 2. The fraction of sp³-hybridized carbons (Fsp3) is 0.238. The van der Waals surface area contributed by atoms with E-state index in [0.717, 1.165) is 0 Å². The molecule has 1 aromatic carbocycles. The molecule has 10 heteroatoms. The van der Waals surface area contributed by atoms with Gasteiger partial charge in [-0.15, -0.1) is 11.3 Å². The van der Waals surface area contributed by atoms with Crippen molar-refractivity contribution in [3.05, 3.63) is 69.2 Å². The molecule has 0 radical (unpaired) electrons. The highest BCUT2D eigenvalue weighted by molar-refractivity contribution is 7.16. The number of thiophene rings is 1. The maximum absolute atomic E-state index is 12.9. The van der Waals surface area contributed by atoms with Gasteiger partial charge < -0.3 is 20.1 Å². The van der Waals surface area contributed by atoms with Crippen molar-refractivity contribution >= 4 is 33.6 Å². The molecule has 1 aliphatic rings. The smallest absolute Gasteiger partial charge is 0.338 e. The summed E-state index contributed by atoms with van der Waals surface area (Å²) in [4.78, 5) is 43.0. The van der Waals surface area contributed by atoms with E-state index in [-0.39, 0.29) is 30.0 Å². The van der Waals surface area contributed by atoms with E-state index in [2.05, 4.69) is 15.6 Å². The summed E-state index contributed by atoms with van der Waals surface area (Å²) >= 11 is 1.37. The Labute approximate surface area is 181 Å². The molecule has 2 aromatic heterocycles. The molecule has 3 aromatic rings. The van der Waals surface area contributed by atoms with Gasteiger partial charge in [-0.05, 0) is 36.1 Å². The lowest BCUT2D eigenvalue weighted by molar-refractivity contribution is -0.139. The van der Waals surface area contributed by atoms with Crippen molar-refractivity contribution in [2.45, 2.75) is 19.5 Å². The minimum atomic E-state index is -0.748. The number of allylic oxidation sites excluding steroid dienone is 1. The molecule has 0 saturated carbocycles. The van der Waals surface area contributed by atoms with E-state index in [1.807, 2.05) is 0 Å². The van der Waals surface area contributed by atoms with Crippen LogP contribution in [0.4, 0.5) is 4.79 Å². The SMILES string of the molecule is CCOC(=O)C1=C(Cn2cnc3sccc3c2=O)NC(=O)N[C@H]1c1ccc(OC)cc1. The molecule has 0 aliphatic carbocycles. The standard InChI is InChI=1S/C21H20N4O5S/c1-3-30-20(27)16-15(10-25-11-22-18-14(19(25)26)8-9-31-18)23-21(28)24-17(16)12-4-6-13(29-2)7-5-12/h4-9,11,17H,3,10H2,1-2H3,(H2,23,24,28)/t17-/m0/s1. The van der Waals surface area contributed by atoms with Crippen LogP contribution in [-0.2, 0) is 16.1 Å². The highest BCUT2D eigenvalue weighted by Crippen LogP contribution is 2.29. The number of aromatic nitrogens is 2. The van der Waals surface area contributed by atoms with Crippen LogP contribution in [0, 0.1) is 0 Å². The van der Waals surface area contributed by atoms with Crippen molar-refractivity contribution in [3.8, 4) is 5.75 Å². The van der Waals surface area contributed by atoms with Crippen LogP contribution >= 0.6 is 11.3 Å². The van der Waals surface area contributed by atoms with Gasteiger partial charge in [0.05, 0.1) is 49.3 Å². The van der Waals surface area contributed by atoms with E-state index in [9.17, 15) is 14.4 Å². The lowest BCUT2D eigenvalue weighted by Crippen LogP contribution is -2.47. The van der Waals surface area contributed by atoms with Crippen LogP contribution in [0.1, 0.15) is 18.5 Å². The van der Waals surface area contributed by atoms with E-state index >= 15 is 0 Å². The molecule has 31 heavy (non-hydrogen) atoms. The summed E-state index contributed by atoms with van der Waals surface area (Å²) in [6.45, 7) is 1.83. The maximum Gasteiger partial charge on any atom is 0.338 e. The molecule has 9 nitrogen and oxygen atoms in total. The second-order valence-corrected chi connectivity index (χ2v) is 7.63. The molecular formula is C21H20N4O5S. The minimum absolute atomic E-state index is 0.0359. The number of ether oxygens (including phenoxy) is 2. The summed E-state index contributed by atoms with van der Waals surface area (Å²) in [5, 5.41) is 7.70. The average Bonchev–Trinajstić information content (AvgIpc) is 3.25. The number of carbonyl (C=O) groups is 2. The van der Waals surface area contributed by atoms with E-state index in [1.165, 1.54) is 22.2 Å². The van der Waals surface area contributed by atoms with Gasteiger partial charge in [0, 0.05) is 0 Å². The van der Waals surface area contributed by atoms with Gasteiger partial charge in [0.15, 0.2) is 0 Å². The molecule has 2 amide bonds. The third-order valence-corrected chi connectivity index (χ3v) is 5.70. The third kappa shape index (κ3) is 4.02. The van der Waals surface area contributed by atoms with Crippen molar-refractivity contribution in [2.24, 2.45) is 0 Å². The summed E-state index contributed by atoms with van der Waals surface area (Å²) in [7, 11) is 1.56. The number of carbonyl (C=O) groups excluding carboxylic acids is 2. The van der Waals surface area contributed by atoms with Crippen molar-refractivity contribution in [2.75, 3.05) is 13.7 Å². The Morgan fingerprint density at radius 3 is 2.71 bits per heavy atom. The van der Waals surface area contributed by atoms with Gasteiger partial charge in [-0.3, -0.25) is 9.36 Å². The third-order valence-electron chi connectivity index (χ3n) is 4.88. The number of nitrogens with zero attached hydrogens (tertiary/aromatic N) is 2. The van der Waals surface area contributed by atoms with Crippen LogP contribution in [-0.4, -0.2) is 35.3 Å². The number of benzene rings is 1. The van der Waals surface area contributed by atoms with Crippen LogP contribution in [0.2, 0.25) is 0 Å². The van der Waals surface area contributed by atoms with Crippen LogP contribution in [0.3, 0.4) is 0 Å². The van der Waals surface area contributed by atoms with Gasteiger partial charge in [-0.25, -0.2) is 14.6 Å². The summed E-state index contributed by atoms with van der Waals surface area (Å²) < 4.78 is 11.8. The monoisotopic (exact) mass is 440 g/mol. The largest absolute Gasteiger partial charge is 0.497 e. The maximum atomic E-state index is 12.9. The normalized spacial score (nSPS) is 16.1. The first kappa shape index (κ1) is 20.6. The second-order valence-electron chi connectivity index (χ2n) is 6.73. The lowest BCUT2D eigenvalue weighted by atomic mass is 9.95. The molecular weight excluding hydrogens is 420 g/mol. The highest BCUT2D eigenvalue weighted by Gasteiger charge is 2.34. The molecule has 1 atom stereocenters. The molecule has 0 fully saturated rings. The van der Waals surface area contributed by atoms with Crippen molar-refractivity contribution in [1.29, 1.82) is 0 Å². The summed E-state index contributed by atoms with van der Waals surface area (Å²) in [5.41, 5.74) is 0.927. The van der Waals surface area contributed by atoms with Gasteiger partial charge in [-0.2, -0.15) is 0 Å². The Hall–Kier alpha value is -3.66. The van der Waals surface area contributed by atoms with E-state index in [4.69, 9.17) is 9.47 Å². The van der Waals surface area contributed by atoms with Gasteiger partial charge in [0.1, 0.15) is 10.6 Å². The first-order chi connectivity index (χ1) is 15.0. The number of esters is 1. The summed E-state index contributed by atoms with van der Waals surface area (Å²) in [5.74, 6) is 0.0658. The zero-order chi connectivity index (χ0) is 22.0. The molecule has 4 rings (SSSR count). The Morgan fingerprint density at radius 2 is 2.00 bits per heavy atom. The molecule has 3 heterocycles. The van der Waals surface area contributed by atoms with Crippen LogP contribution in [0.5, 0.6) is 5.75 Å². The molecule has 0 unspecified atom stereocenters. The zero-order valence-corrected chi connectivity index (χ0v) is 17.7. The van der Waals surface area contributed by atoms with Gasteiger partial charge in [-0.1, -0.05) is 12.1 Å². The summed E-state index contributed by atoms with van der Waals surface area (Å²) in [6, 6.07) is 7.47. The molecule has 2 N–H and O–H groups in total.